The van der Waals surface area contributed by atoms with Crippen molar-refractivity contribution in [2.24, 2.45) is 10.8 Å². The summed E-state index contributed by atoms with van der Waals surface area (Å²) in [7, 11) is 0. The molecule has 96 valence electrons. The van der Waals surface area contributed by atoms with Crippen LogP contribution >= 0.6 is 11.8 Å². The fraction of sp³-hybridized carbons (Fsp3) is 0.562. The number of fused-ring (bicyclic) bond motifs is 1. The molecule has 0 heterocycles. The Balaban J connectivity index is 1.90. The fourth-order valence-corrected chi connectivity index (χ4v) is 5.30. The maximum Gasteiger partial charge on any atom is 0.147 e. The Kier molecular flexibility index (Phi) is 2.81. The molecule has 1 aromatic carbocycles. The molecule has 1 nitrogen and oxygen atoms in total. The quantitative estimate of drug-likeness (QED) is 0.788. The number of hydrogen-bond acceptors (Lipinski definition) is 2. The number of thioether (sulfide) groups is 1. The zero-order chi connectivity index (χ0) is 12.8. The summed E-state index contributed by atoms with van der Waals surface area (Å²) in [6, 6.07) is 10.4. The normalized spacial score (nSPS) is 39.0. The van der Waals surface area contributed by atoms with Gasteiger partial charge in [-0.25, -0.2) is 0 Å². The second-order valence-corrected chi connectivity index (χ2v) is 7.46. The lowest BCUT2D eigenvalue weighted by molar-refractivity contribution is -0.117. The second kappa shape index (κ2) is 4.12. The van der Waals surface area contributed by atoms with Gasteiger partial charge in [-0.2, -0.15) is 0 Å². The van der Waals surface area contributed by atoms with E-state index in [1.807, 2.05) is 6.07 Å². The minimum Gasteiger partial charge on any atom is -0.298 e. The van der Waals surface area contributed by atoms with E-state index in [0.717, 1.165) is 6.42 Å². The SMILES string of the molecule is C[C@@]12CCC[C@]1(C)C(Sc1ccccc1)C(=O)C2. The predicted octanol–water partition coefficient (Wildman–Crippen LogP) is 4.32. The first-order valence-corrected chi connectivity index (χ1v) is 7.68. The van der Waals surface area contributed by atoms with Crippen LogP contribution < -0.4 is 0 Å². The van der Waals surface area contributed by atoms with E-state index in [2.05, 4.69) is 38.1 Å². The first kappa shape index (κ1) is 12.3. The molecule has 0 radical (unpaired) electrons. The van der Waals surface area contributed by atoms with E-state index in [9.17, 15) is 4.79 Å². The van der Waals surface area contributed by atoms with Crippen molar-refractivity contribution in [3.8, 4) is 0 Å². The molecule has 0 aromatic heterocycles. The monoisotopic (exact) mass is 260 g/mol. The van der Waals surface area contributed by atoms with Gasteiger partial charge < -0.3 is 0 Å². The predicted molar refractivity (Wildman–Crippen MR) is 75.8 cm³/mol. The number of carbonyl (C=O) groups is 1. The Labute approximate surface area is 113 Å². The van der Waals surface area contributed by atoms with Crippen LogP contribution in [0.3, 0.4) is 0 Å². The van der Waals surface area contributed by atoms with E-state index in [1.165, 1.54) is 24.2 Å². The number of benzene rings is 1. The summed E-state index contributed by atoms with van der Waals surface area (Å²) < 4.78 is 0. The molecule has 0 saturated heterocycles. The topological polar surface area (TPSA) is 17.1 Å². The van der Waals surface area contributed by atoms with E-state index < -0.39 is 0 Å². The number of hydrogen-bond donors (Lipinski definition) is 0. The van der Waals surface area contributed by atoms with Crippen LogP contribution in [-0.4, -0.2) is 11.0 Å². The van der Waals surface area contributed by atoms with E-state index in [-0.39, 0.29) is 16.1 Å². The largest absolute Gasteiger partial charge is 0.298 e. The molecule has 3 rings (SSSR count). The third-order valence-corrected chi connectivity index (χ3v) is 6.80. The highest BCUT2D eigenvalue weighted by molar-refractivity contribution is 8.00. The summed E-state index contributed by atoms with van der Waals surface area (Å²) in [5, 5.41) is 0.160. The van der Waals surface area contributed by atoms with Gasteiger partial charge in [-0.05, 0) is 35.8 Å². The highest BCUT2D eigenvalue weighted by Crippen LogP contribution is 2.64. The lowest BCUT2D eigenvalue weighted by Gasteiger charge is -2.37. The lowest BCUT2D eigenvalue weighted by atomic mass is 9.71. The van der Waals surface area contributed by atoms with E-state index >= 15 is 0 Å². The average molecular weight is 260 g/mol. The summed E-state index contributed by atoms with van der Waals surface area (Å²) in [5.41, 5.74) is 0.446. The molecule has 2 fully saturated rings. The summed E-state index contributed by atoms with van der Waals surface area (Å²) in [5.74, 6) is 0.466. The van der Waals surface area contributed by atoms with Crippen LogP contribution in [0.2, 0.25) is 0 Å². The van der Waals surface area contributed by atoms with Crippen LogP contribution in [-0.2, 0) is 4.79 Å². The maximum absolute atomic E-state index is 12.4. The minimum atomic E-state index is 0.160. The van der Waals surface area contributed by atoms with Gasteiger partial charge in [0.1, 0.15) is 5.78 Å². The molecular formula is C16H20OS. The van der Waals surface area contributed by atoms with Crippen molar-refractivity contribution in [2.45, 2.75) is 49.7 Å². The first-order chi connectivity index (χ1) is 8.55. The molecule has 0 bridgehead atoms. The Morgan fingerprint density at radius 1 is 1.17 bits per heavy atom. The Bertz CT molecular complexity index is 469. The van der Waals surface area contributed by atoms with Crippen molar-refractivity contribution in [3.63, 3.8) is 0 Å². The molecule has 2 heteroatoms. The minimum absolute atomic E-state index is 0.160. The van der Waals surface area contributed by atoms with E-state index in [4.69, 9.17) is 0 Å². The van der Waals surface area contributed by atoms with Gasteiger partial charge in [-0.15, -0.1) is 11.8 Å². The zero-order valence-corrected chi connectivity index (χ0v) is 11.9. The standard InChI is InChI=1S/C16H20OS/c1-15-9-6-10-16(15,2)14(13(17)11-15)18-12-7-4-3-5-8-12/h3-5,7-8,14H,6,9-11H2,1-2H3/t14?,15-,16+/m0/s1. The Morgan fingerprint density at radius 2 is 1.89 bits per heavy atom. The third kappa shape index (κ3) is 1.65. The number of ketones is 1. The molecule has 1 unspecified atom stereocenters. The molecule has 3 atom stereocenters. The van der Waals surface area contributed by atoms with Crippen LogP contribution in [0.25, 0.3) is 0 Å². The van der Waals surface area contributed by atoms with Gasteiger partial charge in [0.05, 0.1) is 5.25 Å². The molecule has 2 aliphatic rings. The molecule has 0 amide bonds. The number of Topliss-reactive ketones (excluding diaryl/α,β-unsaturated/α-hetero) is 1. The molecule has 0 aliphatic heterocycles. The van der Waals surface area contributed by atoms with Crippen molar-refractivity contribution < 1.29 is 4.79 Å². The van der Waals surface area contributed by atoms with Gasteiger partial charge in [-0.1, -0.05) is 38.5 Å². The van der Waals surface area contributed by atoms with Gasteiger partial charge in [0.15, 0.2) is 0 Å². The number of rotatable bonds is 2. The van der Waals surface area contributed by atoms with Crippen LogP contribution in [0.4, 0.5) is 0 Å². The van der Waals surface area contributed by atoms with Crippen molar-refractivity contribution in [2.75, 3.05) is 0 Å². The molecule has 2 saturated carbocycles. The van der Waals surface area contributed by atoms with Crippen LogP contribution in [0.1, 0.15) is 39.5 Å². The van der Waals surface area contributed by atoms with Gasteiger partial charge in [-0.3, -0.25) is 4.79 Å². The lowest BCUT2D eigenvalue weighted by Crippen LogP contribution is -2.34. The third-order valence-electron chi connectivity index (χ3n) is 5.24. The highest BCUT2D eigenvalue weighted by Gasteiger charge is 2.61. The van der Waals surface area contributed by atoms with Gasteiger partial charge in [0.25, 0.3) is 0 Å². The first-order valence-electron chi connectivity index (χ1n) is 6.80. The summed E-state index contributed by atoms with van der Waals surface area (Å²) >= 11 is 1.78. The van der Waals surface area contributed by atoms with E-state index in [0.29, 0.717) is 5.78 Å². The van der Waals surface area contributed by atoms with Gasteiger partial charge >= 0.3 is 0 Å². The van der Waals surface area contributed by atoms with Crippen molar-refractivity contribution in [3.05, 3.63) is 30.3 Å². The molecular weight excluding hydrogens is 240 g/mol. The average Bonchev–Trinajstić information content (AvgIpc) is 2.72. The summed E-state index contributed by atoms with van der Waals surface area (Å²) in [6.45, 7) is 4.66. The Morgan fingerprint density at radius 3 is 2.61 bits per heavy atom. The Hall–Kier alpha value is -0.760. The molecule has 2 aliphatic carbocycles. The van der Waals surface area contributed by atoms with Gasteiger partial charge in [0.2, 0.25) is 0 Å². The van der Waals surface area contributed by atoms with Crippen LogP contribution in [0.5, 0.6) is 0 Å². The molecule has 0 spiro atoms. The molecule has 1 aromatic rings. The summed E-state index contributed by atoms with van der Waals surface area (Å²) in [6.07, 6.45) is 4.50. The van der Waals surface area contributed by atoms with Gasteiger partial charge in [0, 0.05) is 11.3 Å². The molecule has 18 heavy (non-hydrogen) atoms. The van der Waals surface area contributed by atoms with Crippen LogP contribution in [0, 0.1) is 10.8 Å². The van der Waals surface area contributed by atoms with Crippen LogP contribution in [0.15, 0.2) is 35.2 Å². The van der Waals surface area contributed by atoms with E-state index in [1.54, 1.807) is 11.8 Å². The second-order valence-electron chi connectivity index (χ2n) is 6.29. The fourth-order valence-electron chi connectivity index (χ4n) is 3.83. The van der Waals surface area contributed by atoms with Crippen molar-refractivity contribution in [1.29, 1.82) is 0 Å². The zero-order valence-electron chi connectivity index (χ0n) is 11.1. The number of carbonyl (C=O) groups excluding carboxylic acids is 1. The van der Waals surface area contributed by atoms with Crippen molar-refractivity contribution >= 4 is 17.5 Å². The maximum atomic E-state index is 12.4. The van der Waals surface area contributed by atoms with Crippen molar-refractivity contribution in [1.82, 2.24) is 0 Å². The molecule has 0 N–H and O–H groups in total. The highest BCUT2D eigenvalue weighted by atomic mass is 32.2. The summed E-state index contributed by atoms with van der Waals surface area (Å²) in [4.78, 5) is 13.6. The smallest absolute Gasteiger partial charge is 0.147 e.